The average molecular weight is 358 g/mol. The number of amides is 2. The van der Waals surface area contributed by atoms with Crippen LogP contribution in [0.5, 0.6) is 0 Å². The monoisotopic (exact) mass is 357 g/mol. The number of nitrogens with two attached hydrogens (primary N) is 1. The summed E-state index contributed by atoms with van der Waals surface area (Å²) in [5.74, 6) is -0.719. The van der Waals surface area contributed by atoms with Crippen molar-refractivity contribution in [2.24, 2.45) is 5.73 Å². The van der Waals surface area contributed by atoms with Crippen LogP contribution in [-0.4, -0.2) is 30.4 Å². The smallest absolute Gasteiger partial charge is 0.251 e. The number of carbonyl (C=O) groups excluding carboxylic acids is 2. The molecular weight excluding hydrogens is 333 g/mol. The lowest BCUT2D eigenvalue weighted by Crippen LogP contribution is -2.55. The van der Waals surface area contributed by atoms with Gasteiger partial charge < -0.3 is 16.4 Å². The first-order valence-electron chi connectivity index (χ1n) is 8.12. The predicted octanol–water partition coefficient (Wildman–Crippen LogP) is 2.15. The third-order valence-electron chi connectivity index (χ3n) is 4.23. The van der Waals surface area contributed by atoms with E-state index in [1.807, 2.05) is 0 Å². The highest BCUT2D eigenvalue weighted by Crippen LogP contribution is 2.25. The van der Waals surface area contributed by atoms with Crippen molar-refractivity contribution in [1.29, 1.82) is 0 Å². The van der Waals surface area contributed by atoms with Gasteiger partial charge in [-0.2, -0.15) is 0 Å². The number of carbonyl (C=O) groups is 2. The first-order chi connectivity index (χ1) is 11.0. The van der Waals surface area contributed by atoms with Crippen molar-refractivity contribution in [3.05, 3.63) is 35.6 Å². The Labute approximate surface area is 148 Å². The number of nitrogens with one attached hydrogen (secondary N) is 2. The molecular formula is C17H25ClFN3O2. The maximum Gasteiger partial charge on any atom is 0.251 e. The van der Waals surface area contributed by atoms with Crippen molar-refractivity contribution >= 4 is 24.2 Å². The van der Waals surface area contributed by atoms with E-state index >= 15 is 0 Å². The third-order valence-corrected chi connectivity index (χ3v) is 4.23. The topological polar surface area (TPSA) is 84.2 Å². The summed E-state index contributed by atoms with van der Waals surface area (Å²) in [4.78, 5) is 23.9. The van der Waals surface area contributed by atoms with Crippen LogP contribution in [0.4, 0.5) is 4.39 Å². The Morgan fingerprint density at radius 2 is 1.62 bits per heavy atom. The van der Waals surface area contributed by atoms with Crippen molar-refractivity contribution in [2.45, 2.75) is 44.1 Å². The molecule has 7 heteroatoms. The van der Waals surface area contributed by atoms with Gasteiger partial charge in [0.05, 0.1) is 5.54 Å². The zero-order valence-corrected chi connectivity index (χ0v) is 14.5. The zero-order valence-electron chi connectivity index (χ0n) is 13.6. The summed E-state index contributed by atoms with van der Waals surface area (Å²) in [7, 11) is 0. The molecule has 24 heavy (non-hydrogen) atoms. The number of hydrogen-bond donors (Lipinski definition) is 3. The number of hydrogen-bond acceptors (Lipinski definition) is 3. The van der Waals surface area contributed by atoms with Crippen LogP contribution in [-0.2, 0) is 4.79 Å². The van der Waals surface area contributed by atoms with E-state index in [1.54, 1.807) is 0 Å². The number of benzene rings is 1. The van der Waals surface area contributed by atoms with Crippen LogP contribution in [0, 0.1) is 5.82 Å². The maximum atomic E-state index is 12.8. The van der Waals surface area contributed by atoms with E-state index in [0.29, 0.717) is 25.1 Å². The van der Waals surface area contributed by atoms with Crippen molar-refractivity contribution in [2.75, 3.05) is 13.1 Å². The summed E-state index contributed by atoms with van der Waals surface area (Å²) < 4.78 is 12.8. The molecule has 0 aliphatic heterocycles. The highest BCUT2D eigenvalue weighted by atomic mass is 35.5. The van der Waals surface area contributed by atoms with Crippen LogP contribution in [0.2, 0.25) is 0 Å². The second-order valence-electron chi connectivity index (χ2n) is 6.09. The predicted molar refractivity (Wildman–Crippen MR) is 93.6 cm³/mol. The molecule has 1 aromatic rings. The van der Waals surface area contributed by atoms with Crippen molar-refractivity contribution in [1.82, 2.24) is 10.6 Å². The van der Waals surface area contributed by atoms with Crippen molar-refractivity contribution in [3.8, 4) is 0 Å². The Kier molecular flexibility index (Phi) is 8.15. The summed E-state index contributed by atoms with van der Waals surface area (Å²) in [6.45, 7) is 0.912. The largest absolute Gasteiger partial charge is 0.354 e. The summed E-state index contributed by atoms with van der Waals surface area (Å²) in [6, 6.07) is 5.38. The first kappa shape index (κ1) is 20.4. The molecule has 1 aliphatic carbocycles. The van der Waals surface area contributed by atoms with Crippen molar-refractivity contribution < 1.29 is 14.0 Å². The molecule has 0 spiro atoms. The van der Waals surface area contributed by atoms with Crippen LogP contribution >= 0.6 is 12.4 Å². The summed E-state index contributed by atoms with van der Waals surface area (Å²) >= 11 is 0. The van der Waals surface area contributed by atoms with Gasteiger partial charge in [0, 0.05) is 18.7 Å². The molecule has 0 bridgehead atoms. The molecule has 1 fully saturated rings. The Bertz CT molecular complexity index is 545. The molecule has 134 valence electrons. The van der Waals surface area contributed by atoms with Crippen molar-refractivity contribution in [3.63, 3.8) is 0 Å². The molecule has 0 heterocycles. The molecule has 0 unspecified atom stereocenters. The third kappa shape index (κ3) is 5.76. The van der Waals surface area contributed by atoms with E-state index in [2.05, 4.69) is 10.6 Å². The van der Waals surface area contributed by atoms with Crippen LogP contribution < -0.4 is 16.4 Å². The van der Waals surface area contributed by atoms with Gasteiger partial charge in [-0.15, -0.1) is 12.4 Å². The van der Waals surface area contributed by atoms with Crippen LogP contribution in [0.3, 0.4) is 0 Å². The lowest BCUT2D eigenvalue weighted by molar-refractivity contribution is -0.127. The van der Waals surface area contributed by atoms with E-state index in [-0.39, 0.29) is 30.0 Å². The fraction of sp³-hybridized carbons (Fsp3) is 0.529. The minimum atomic E-state index is -0.727. The van der Waals surface area contributed by atoms with Crippen LogP contribution in [0.25, 0.3) is 0 Å². The quantitative estimate of drug-likeness (QED) is 0.682. The highest BCUT2D eigenvalue weighted by molar-refractivity contribution is 5.94. The maximum absolute atomic E-state index is 12.8. The Morgan fingerprint density at radius 1 is 1.04 bits per heavy atom. The lowest BCUT2D eigenvalue weighted by atomic mass is 9.82. The molecule has 0 radical (unpaired) electrons. The minimum absolute atomic E-state index is 0. The molecule has 5 nitrogen and oxygen atoms in total. The Morgan fingerprint density at radius 3 is 2.25 bits per heavy atom. The SMILES string of the molecule is Cl.NC1(C(=O)NCCCNC(=O)c2ccc(F)cc2)CCCCC1. The van der Waals surface area contributed by atoms with Gasteiger partial charge in [-0.05, 0) is 43.5 Å². The highest BCUT2D eigenvalue weighted by Gasteiger charge is 2.34. The van der Waals surface area contributed by atoms with Gasteiger partial charge in [0.2, 0.25) is 5.91 Å². The van der Waals surface area contributed by atoms with Gasteiger partial charge in [-0.25, -0.2) is 4.39 Å². The molecule has 4 N–H and O–H groups in total. The molecule has 2 rings (SSSR count). The molecule has 0 atom stereocenters. The summed E-state index contributed by atoms with van der Waals surface area (Å²) in [5.41, 5.74) is 5.83. The van der Waals surface area contributed by atoms with E-state index in [0.717, 1.165) is 32.1 Å². The van der Waals surface area contributed by atoms with Gasteiger partial charge in [0.15, 0.2) is 0 Å². The van der Waals surface area contributed by atoms with Gasteiger partial charge >= 0.3 is 0 Å². The molecule has 0 aromatic heterocycles. The lowest BCUT2D eigenvalue weighted by Gasteiger charge is -2.31. The molecule has 1 aliphatic rings. The normalized spacial score (nSPS) is 15.9. The molecule has 1 saturated carbocycles. The van der Waals surface area contributed by atoms with E-state index in [9.17, 15) is 14.0 Å². The fourth-order valence-electron chi connectivity index (χ4n) is 2.78. The van der Waals surface area contributed by atoms with Crippen LogP contribution in [0.1, 0.15) is 48.9 Å². The first-order valence-corrected chi connectivity index (χ1v) is 8.12. The van der Waals surface area contributed by atoms with E-state index in [1.165, 1.54) is 24.3 Å². The zero-order chi connectivity index (χ0) is 16.7. The van der Waals surface area contributed by atoms with E-state index in [4.69, 9.17) is 5.73 Å². The molecule has 1 aromatic carbocycles. The number of rotatable bonds is 6. The van der Waals surface area contributed by atoms with Crippen LogP contribution in [0.15, 0.2) is 24.3 Å². The fourth-order valence-corrected chi connectivity index (χ4v) is 2.78. The minimum Gasteiger partial charge on any atom is -0.354 e. The second-order valence-corrected chi connectivity index (χ2v) is 6.09. The van der Waals surface area contributed by atoms with Gasteiger partial charge in [-0.3, -0.25) is 9.59 Å². The Hall–Kier alpha value is -1.66. The molecule has 0 saturated heterocycles. The summed E-state index contributed by atoms with van der Waals surface area (Å²) in [6.07, 6.45) is 5.23. The average Bonchev–Trinajstić information content (AvgIpc) is 2.55. The van der Waals surface area contributed by atoms with E-state index < -0.39 is 5.54 Å². The van der Waals surface area contributed by atoms with Gasteiger partial charge in [0.25, 0.3) is 5.91 Å². The summed E-state index contributed by atoms with van der Waals surface area (Å²) in [5, 5.41) is 5.59. The second kappa shape index (κ2) is 9.59. The number of halogens is 2. The standard InChI is InChI=1S/C17H24FN3O2.ClH/c18-14-7-5-13(6-8-14)15(22)20-11-4-12-21-16(23)17(19)9-2-1-3-10-17;/h5-8H,1-4,9-12,19H2,(H,20,22)(H,21,23);1H. The molecule has 2 amide bonds. The Balaban J connectivity index is 0.00000288. The van der Waals surface area contributed by atoms with Gasteiger partial charge in [-0.1, -0.05) is 19.3 Å². The van der Waals surface area contributed by atoms with Gasteiger partial charge in [0.1, 0.15) is 5.82 Å².